The first-order valence-corrected chi connectivity index (χ1v) is 8.73. The number of hydrogen-bond donors (Lipinski definition) is 0. The summed E-state index contributed by atoms with van der Waals surface area (Å²) in [5.41, 5.74) is 0. The molecule has 0 saturated carbocycles. The van der Waals surface area contributed by atoms with Gasteiger partial charge in [-0.25, -0.2) is 12.8 Å². The van der Waals surface area contributed by atoms with Crippen LogP contribution < -0.4 is 0 Å². The second-order valence-corrected chi connectivity index (χ2v) is 7.71. The molecule has 7 heteroatoms. The second-order valence-electron chi connectivity index (χ2n) is 4.58. The molecule has 1 aliphatic rings. The molecular weight excluding hydrogens is 357 g/mol. The number of alkyl halides is 1. The molecule has 1 aromatic rings. The molecule has 2 rings (SSSR count). The minimum atomic E-state index is -3.75. The van der Waals surface area contributed by atoms with E-state index in [0.717, 1.165) is 12.8 Å². The molecule has 0 aromatic heterocycles. The number of rotatable bonds is 3. The molecule has 0 N–H and O–H groups in total. The average molecular weight is 371 g/mol. The van der Waals surface area contributed by atoms with Crippen molar-refractivity contribution in [3.8, 4) is 0 Å². The van der Waals surface area contributed by atoms with E-state index in [1.54, 1.807) is 0 Å². The van der Waals surface area contributed by atoms with E-state index in [1.807, 2.05) is 0 Å². The Labute approximate surface area is 125 Å². The molecule has 1 fully saturated rings. The van der Waals surface area contributed by atoms with Crippen LogP contribution in [0.5, 0.6) is 0 Å². The van der Waals surface area contributed by atoms with E-state index in [2.05, 4.69) is 15.9 Å². The van der Waals surface area contributed by atoms with Gasteiger partial charge in [-0.2, -0.15) is 4.31 Å². The monoisotopic (exact) mass is 369 g/mol. The summed E-state index contributed by atoms with van der Waals surface area (Å²) in [4.78, 5) is -0.264. The molecule has 0 unspecified atom stereocenters. The van der Waals surface area contributed by atoms with E-state index in [4.69, 9.17) is 11.6 Å². The topological polar surface area (TPSA) is 37.4 Å². The van der Waals surface area contributed by atoms with E-state index in [9.17, 15) is 12.8 Å². The Morgan fingerprint density at radius 1 is 1.37 bits per heavy atom. The first-order valence-electron chi connectivity index (χ1n) is 5.96. The van der Waals surface area contributed by atoms with Crippen LogP contribution in [0.25, 0.3) is 0 Å². The number of benzene rings is 1. The molecule has 0 spiro atoms. The summed E-state index contributed by atoms with van der Waals surface area (Å²) in [5.74, 6) is 0.164. The molecule has 1 aromatic carbocycles. The molecule has 3 nitrogen and oxygen atoms in total. The SMILES string of the molecule is O=S(=O)(c1ccc(Br)cc1F)N1CCC(CCl)CC1. The number of hydrogen-bond acceptors (Lipinski definition) is 2. The zero-order chi connectivity index (χ0) is 14.0. The van der Waals surface area contributed by atoms with Crippen molar-refractivity contribution in [2.45, 2.75) is 17.7 Å². The summed E-state index contributed by atoms with van der Waals surface area (Å²) < 4.78 is 40.3. The van der Waals surface area contributed by atoms with Crippen molar-refractivity contribution in [2.24, 2.45) is 5.92 Å². The summed E-state index contributed by atoms with van der Waals surface area (Å²) in [6.45, 7) is 0.796. The van der Waals surface area contributed by atoms with Crippen LogP contribution in [0.4, 0.5) is 4.39 Å². The summed E-state index contributed by atoms with van der Waals surface area (Å²) in [7, 11) is -3.75. The van der Waals surface area contributed by atoms with Crippen LogP contribution in [-0.2, 0) is 10.0 Å². The highest BCUT2D eigenvalue weighted by Gasteiger charge is 2.30. The number of halogens is 3. The van der Waals surface area contributed by atoms with Crippen LogP contribution in [0.1, 0.15) is 12.8 Å². The minimum Gasteiger partial charge on any atom is -0.207 e. The van der Waals surface area contributed by atoms with Crippen molar-refractivity contribution >= 4 is 37.6 Å². The normalized spacial score (nSPS) is 18.7. The highest BCUT2D eigenvalue weighted by atomic mass is 79.9. The van der Waals surface area contributed by atoms with Crippen molar-refractivity contribution < 1.29 is 12.8 Å². The molecule has 0 radical (unpaired) electrons. The molecule has 1 saturated heterocycles. The van der Waals surface area contributed by atoms with Crippen molar-refractivity contribution in [1.82, 2.24) is 4.31 Å². The fourth-order valence-electron chi connectivity index (χ4n) is 2.13. The fourth-order valence-corrected chi connectivity index (χ4v) is 4.28. The Morgan fingerprint density at radius 2 is 2.00 bits per heavy atom. The van der Waals surface area contributed by atoms with Gasteiger partial charge in [0.2, 0.25) is 10.0 Å². The first-order chi connectivity index (χ1) is 8.95. The first kappa shape index (κ1) is 15.2. The molecule has 0 amide bonds. The van der Waals surface area contributed by atoms with E-state index in [-0.39, 0.29) is 4.90 Å². The van der Waals surface area contributed by atoms with Crippen LogP contribution >= 0.6 is 27.5 Å². The molecule has 1 aliphatic heterocycles. The van der Waals surface area contributed by atoms with E-state index >= 15 is 0 Å². The molecule has 0 bridgehead atoms. The maximum Gasteiger partial charge on any atom is 0.245 e. The Morgan fingerprint density at radius 3 is 2.53 bits per heavy atom. The maximum absolute atomic E-state index is 13.8. The van der Waals surface area contributed by atoms with Crippen LogP contribution in [0.3, 0.4) is 0 Å². The van der Waals surface area contributed by atoms with Crippen molar-refractivity contribution in [3.63, 3.8) is 0 Å². The maximum atomic E-state index is 13.8. The lowest BCUT2D eigenvalue weighted by Crippen LogP contribution is -2.39. The number of piperidine rings is 1. The van der Waals surface area contributed by atoms with Gasteiger partial charge >= 0.3 is 0 Å². The third-order valence-corrected chi connectivity index (χ3v) is 6.17. The van der Waals surface area contributed by atoms with Gasteiger partial charge in [-0.05, 0) is 37.0 Å². The fraction of sp³-hybridized carbons (Fsp3) is 0.500. The standard InChI is InChI=1S/C12H14BrClFNO2S/c13-10-1-2-12(11(15)7-10)19(17,18)16-5-3-9(8-14)4-6-16/h1-2,7,9H,3-6,8H2. The molecule has 0 aliphatic carbocycles. The van der Waals surface area contributed by atoms with Gasteiger partial charge in [0.15, 0.2) is 0 Å². The molecule has 1 heterocycles. The molecule has 19 heavy (non-hydrogen) atoms. The van der Waals surface area contributed by atoms with Crippen molar-refractivity contribution in [2.75, 3.05) is 19.0 Å². The lowest BCUT2D eigenvalue weighted by molar-refractivity contribution is 0.289. The van der Waals surface area contributed by atoms with Crippen LogP contribution in [-0.4, -0.2) is 31.7 Å². The lowest BCUT2D eigenvalue weighted by atomic mass is 10.0. The molecule has 0 atom stereocenters. The molecule has 106 valence electrons. The van der Waals surface area contributed by atoms with Gasteiger partial charge in [0.1, 0.15) is 10.7 Å². The Balaban J connectivity index is 2.23. The summed E-state index contributed by atoms with van der Waals surface area (Å²) in [5, 5.41) is 0. The van der Waals surface area contributed by atoms with E-state index in [1.165, 1.54) is 22.5 Å². The summed E-state index contributed by atoms with van der Waals surface area (Å²) >= 11 is 8.88. The highest BCUT2D eigenvalue weighted by Crippen LogP contribution is 2.27. The average Bonchev–Trinajstić information content (AvgIpc) is 2.38. The minimum absolute atomic E-state index is 0.264. The van der Waals surface area contributed by atoms with Gasteiger partial charge in [0.25, 0.3) is 0 Å². The summed E-state index contributed by atoms with van der Waals surface area (Å²) in [6, 6.07) is 3.99. The van der Waals surface area contributed by atoms with Crippen LogP contribution in [0.2, 0.25) is 0 Å². The zero-order valence-electron chi connectivity index (χ0n) is 10.2. The third-order valence-electron chi connectivity index (χ3n) is 3.30. The number of sulfonamides is 1. The van der Waals surface area contributed by atoms with Crippen molar-refractivity contribution in [3.05, 3.63) is 28.5 Å². The van der Waals surface area contributed by atoms with Gasteiger partial charge in [0, 0.05) is 23.4 Å². The van der Waals surface area contributed by atoms with E-state index in [0.29, 0.717) is 29.4 Å². The van der Waals surface area contributed by atoms with E-state index < -0.39 is 15.8 Å². The number of nitrogens with zero attached hydrogens (tertiary/aromatic N) is 1. The quantitative estimate of drug-likeness (QED) is 0.766. The zero-order valence-corrected chi connectivity index (χ0v) is 13.3. The third kappa shape index (κ3) is 3.29. The summed E-state index contributed by atoms with van der Waals surface area (Å²) in [6.07, 6.45) is 1.45. The lowest BCUT2D eigenvalue weighted by Gasteiger charge is -2.30. The van der Waals surface area contributed by atoms with Gasteiger partial charge in [-0.15, -0.1) is 11.6 Å². The Kier molecular flexibility index (Phi) is 4.87. The smallest absolute Gasteiger partial charge is 0.207 e. The largest absolute Gasteiger partial charge is 0.245 e. The van der Waals surface area contributed by atoms with Gasteiger partial charge in [-0.3, -0.25) is 0 Å². The predicted molar refractivity (Wildman–Crippen MR) is 76.3 cm³/mol. The highest BCUT2D eigenvalue weighted by molar-refractivity contribution is 9.10. The van der Waals surface area contributed by atoms with Gasteiger partial charge in [-0.1, -0.05) is 15.9 Å². The van der Waals surface area contributed by atoms with Crippen LogP contribution in [0, 0.1) is 11.7 Å². The Hall–Kier alpha value is -0.170. The van der Waals surface area contributed by atoms with Crippen LogP contribution in [0.15, 0.2) is 27.6 Å². The molecular formula is C12H14BrClFNO2S. The Bertz CT molecular complexity index is 559. The van der Waals surface area contributed by atoms with Crippen molar-refractivity contribution in [1.29, 1.82) is 0 Å². The van der Waals surface area contributed by atoms with Gasteiger partial charge < -0.3 is 0 Å². The predicted octanol–water partition coefficient (Wildman–Crippen LogP) is 3.23. The second kappa shape index (κ2) is 6.08. The van der Waals surface area contributed by atoms with Gasteiger partial charge in [0.05, 0.1) is 0 Å².